The van der Waals surface area contributed by atoms with Crippen LogP contribution < -0.4 is 5.32 Å². The van der Waals surface area contributed by atoms with Gasteiger partial charge in [-0.2, -0.15) is 0 Å². The molecule has 2 aromatic carbocycles. The lowest BCUT2D eigenvalue weighted by molar-refractivity contribution is -0.122. The minimum Gasteiger partial charge on any atom is -0.355 e. The lowest BCUT2D eigenvalue weighted by Gasteiger charge is -2.12. The fourth-order valence-corrected chi connectivity index (χ4v) is 3.23. The number of carbonyl (C=O) groups is 1. The molecule has 0 radical (unpaired) electrons. The van der Waals surface area contributed by atoms with Crippen LogP contribution >= 0.6 is 0 Å². The van der Waals surface area contributed by atoms with Crippen molar-refractivity contribution < 1.29 is 4.79 Å². The van der Waals surface area contributed by atoms with E-state index in [4.69, 9.17) is 0 Å². The Bertz CT molecular complexity index is 652. The molecule has 0 heterocycles. The second-order valence-corrected chi connectivity index (χ2v) is 5.78. The van der Waals surface area contributed by atoms with Crippen LogP contribution in [0.5, 0.6) is 0 Å². The monoisotopic (exact) mass is 251 g/mol. The molecule has 2 heteroatoms. The molecule has 0 aliphatic heterocycles. The highest BCUT2D eigenvalue weighted by atomic mass is 16.2. The van der Waals surface area contributed by atoms with Crippen molar-refractivity contribution in [1.29, 1.82) is 0 Å². The SMILES string of the molecule is O=C(NC[C@@H]1Cc2cccc3cccc1c23)C1CC1. The summed E-state index contributed by atoms with van der Waals surface area (Å²) in [6.45, 7) is 0.781. The van der Waals surface area contributed by atoms with Gasteiger partial charge in [-0.1, -0.05) is 36.4 Å². The van der Waals surface area contributed by atoms with E-state index in [2.05, 4.69) is 41.7 Å². The summed E-state index contributed by atoms with van der Waals surface area (Å²) >= 11 is 0. The van der Waals surface area contributed by atoms with Crippen molar-refractivity contribution in [2.75, 3.05) is 6.54 Å². The summed E-state index contributed by atoms with van der Waals surface area (Å²) in [5.41, 5.74) is 2.84. The first-order chi connectivity index (χ1) is 9.33. The van der Waals surface area contributed by atoms with E-state index in [1.165, 1.54) is 21.9 Å². The molecular weight excluding hydrogens is 234 g/mol. The molecule has 0 saturated heterocycles. The van der Waals surface area contributed by atoms with Gasteiger partial charge < -0.3 is 5.32 Å². The van der Waals surface area contributed by atoms with Crippen molar-refractivity contribution in [1.82, 2.24) is 5.32 Å². The first kappa shape index (κ1) is 11.0. The average molecular weight is 251 g/mol. The van der Waals surface area contributed by atoms with Crippen LogP contribution in [0.15, 0.2) is 36.4 Å². The largest absolute Gasteiger partial charge is 0.355 e. The van der Waals surface area contributed by atoms with Crippen molar-refractivity contribution in [3.05, 3.63) is 47.5 Å². The Labute approximate surface area is 112 Å². The van der Waals surface area contributed by atoms with Crippen LogP contribution in [0.4, 0.5) is 0 Å². The van der Waals surface area contributed by atoms with E-state index in [-0.39, 0.29) is 5.91 Å². The number of hydrogen-bond donors (Lipinski definition) is 1. The third-order valence-electron chi connectivity index (χ3n) is 4.40. The van der Waals surface area contributed by atoms with E-state index in [9.17, 15) is 4.79 Å². The average Bonchev–Trinajstić information content (AvgIpc) is 3.22. The molecule has 0 aromatic heterocycles. The van der Waals surface area contributed by atoms with Gasteiger partial charge >= 0.3 is 0 Å². The van der Waals surface area contributed by atoms with Gasteiger partial charge in [-0.25, -0.2) is 0 Å². The molecule has 1 fully saturated rings. The molecule has 19 heavy (non-hydrogen) atoms. The zero-order valence-electron chi connectivity index (χ0n) is 10.9. The quantitative estimate of drug-likeness (QED) is 0.892. The van der Waals surface area contributed by atoms with Crippen LogP contribution in [0.1, 0.15) is 29.9 Å². The Kier molecular flexibility index (Phi) is 2.37. The Morgan fingerprint density at radius 2 is 1.95 bits per heavy atom. The number of nitrogens with one attached hydrogen (secondary N) is 1. The predicted octanol–water partition coefficient (Wildman–Crippen LogP) is 3.01. The van der Waals surface area contributed by atoms with Crippen molar-refractivity contribution in [3.8, 4) is 0 Å². The maximum Gasteiger partial charge on any atom is 0.223 e. The zero-order valence-corrected chi connectivity index (χ0v) is 10.9. The van der Waals surface area contributed by atoms with E-state index < -0.39 is 0 Å². The summed E-state index contributed by atoms with van der Waals surface area (Å²) in [4.78, 5) is 11.8. The third-order valence-corrected chi connectivity index (χ3v) is 4.40. The normalized spacial score (nSPS) is 20.7. The van der Waals surface area contributed by atoms with Gasteiger partial charge in [0.1, 0.15) is 0 Å². The maximum atomic E-state index is 11.8. The molecule has 0 unspecified atom stereocenters. The van der Waals surface area contributed by atoms with Gasteiger partial charge in [0.2, 0.25) is 5.91 Å². The molecule has 1 N–H and O–H groups in total. The molecule has 0 spiro atoms. The van der Waals surface area contributed by atoms with Crippen LogP contribution in [0.2, 0.25) is 0 Å². The van der Waals surface area contributed by atoms with Crippen molar-refractivity contribution in [3.63, 3.8) is 0 Å². The van der Waals surface area contributed by atoms with E-state index in [1.807, 2.05) is 0 Å². The fourth-order valence-electron chi connectivity index (χ4n) is 3.23. The van der Waals surface area contributed by atoms with Gasteiger partial charge in [0.15, 0.2) is 0 Å². The fraction of sp³-hybridized carbons (Fsp3) is 0.353. The minimum absolute atomic E-state index is 0.253. The Balaban J connectivity index is 1.60. The van der Waals surface area contributed by atoms with E-state index in [1.54, 1.807) is 0 Å². The van der Waals surface area contributed by atoms with Crippen LogP contribution in [-0.2, 0) is 11.2 Å². The van der Waals surface area contributed by atoms with Gasteiger partial charge in [0, 0.05) is 18.4 Å². The molecular formula is C17H17NO. The van der Waals surface area contributed by atoms with E-state index >= 15 is 0 Å². The summed E-state index contributed by atoms with van der Waals surface area (Å²) in [7, 11) is 0. The van der Waals surface area contributed by atoms with Gasteiger partial charge in [0.25, 0.3) is 0 Å². The molecule has 96 valence electrons. The molecule has 0 bridgehead atoms. The highest BCUT2D eigenvalue weighted by Crippen LogP contribution is 2.38. The number of hydrogen-bond acceptors (Lipinski definition) is 1. The second kappa shape index (κ2) is 4.09. The Morgan fingerprint density at radius 3 is 2.74 bits per heavy atom. The van der Waals surface area contributed by atoms with E-state index in [0.717, 1.165) is 25.8 Å². The molecule has 1 saturated carbocycles. The number of benzene rings is 2. The lowest BCUT2D eigenvalue weighted by Crippen LogP contribution is -2.29. The second-order valence-electron chi connectivity index (χ2n) is 5.78. The molecule has 2 aliphatic rings. The molecule has 2 nitrogen and oxygen atoms in total. The number of amides is 1. The third kappa shape index (κ3) is 1.83. The summed E-state index contributed by atoms with van der Waals surface area (Å²) in [5, 5.41) is 5.86. The van der Waals surface area contributed by atoms with Crippen LogP contribution in [-0.4, -0.2) is 12.5 Å². The highest BCUT2D eigenvalue weighted by Gasteiger charge is 2.31. The maximum absolute atomic E-state index is 11.8. The summed E-state index contributed by atoms with van der Waals surface area (Å²) in [6.07, 6.45) is 3.21. The molecule has 1 amide bonds. The minimum atomic E-state index is 0.253. The van der Waals surface area contributed by atoms with Crippen LogP contribution in [0, 0.1) is 5.92 Å². The molecule has 2 aliphatic carbocycles. The van der Waals surface area contributed by atoms with Gasteiger partial charge in [-0.05, 0) is 41.2 Å². The van der Waals surface area contributed by atoms with Gasteiger partial charge in [0.05, 0.1) is 0 Å². The molecule has 2 aromatic rings. The zero-order chi connectivity index (χ0) is 12.8. The summed E-state index contributed by atoms with van der Waals surface area (Å²) in [6, 6.07) is 13.0. The number of carbonyl (C=O) groups excluding carboxylic acids is 1. The van der Waals surface area contributed by atoms with Crippen LogP contribution in [0.3, 0.4) is 0 Å². The first-order valence-corrected chi connectivity index (χ1v) is 7.11. The number of rotatable bonds is 3. The highest BCUT2D eigenvalue weighted by molar-refractivity contribution is 5.91. The topological polar surface area (TPSA) is 29.1 Å². The van der Waals surface area contributed by atoms with Crippen LogP contribution in [0.25, 0.3) is 10.8 Å². The van der Waals surface area contributed by atoms with E-state index in [0.29, 0.717) is 11.8 Å². The van der Waals surface area contributed by atoms with Crippen molar-refractivity contribution in [2.45, 2.75) is 25.2 Å². The molecule has 4 rings (SSSR count). The summed E-state index contributed by atoms with van der Waals surface area (Å²) in [5.74, 6) is 1.01. The van der Waals surface area contributed by atoms with Gasteiger partial charge in [-0.15, -0.1) is 0 Å². The molecule has 1 atom stereocenters. The predicted molar refractivity (Wildman–Crippen MR) is 76.1 cm³/mol. The first-order valence-electron chi connectivity index (χ1n) is 7.11. The standard InChI is InChI=1S/C17H17NO/c19-17(12-7-8-12)18-10-14-9-13-5-1-3-11-4-2-6-15(14)16(11)13/h1-6,12,14H,7-10H2,(H,18,19)/t14-/m0/s1. The Hall–Kier alpha value is -1.83. The summed E-state index contributed by atoms with van der Waals surface area (Å²) < 4.78 is 0. The van der Waals surface area contributed by atoms with Crippen molar-refractivity contribution in [2.24, 2.45) is 5.92 Å². The Morgan fingerprint density at radius 1 is 1.16 bits per heavy atom. The smallest absolute Gasteiger partial charge is 0.223 e. The lowest BCUT2D eigenvalue weighted by atomic mass is 10.00. The van der Waals surface area contributed by atoms with Gasteiger partial charge in [-0.3, -0.25) is 4.79 Å². The van der Waals surface area contributed by atoms with Crippen molar-refractivity contribution >= 4 is 16.7 Å².